The second-order valence-corrected chi connectivity index (χ2v) is 6.67. The number of halogens is 1. The molecule has 0 aliphatic rings. The highest BCUT2D eigenvalue weighted by atomic mass is 35.5. The number of carbonyl (C=O) groups excluding carboxylic acids is 1. The Labute approximate surface area is 179 Å². The van der Waals surface area contributed by atoms with E-state index in [9.17, 15) is 14.9 Å². The van der Waals surface area contributed by atoms with Crippen LogP contribution in [0.3, 0.4) is 0 Å². The molecule has 0 spiro atoms. The van der Waals surface area contributed by atoms with Crippen LogP contribution in [0.15, 0.2) is 52.7 Å². The van der Waals surface area contributed by atoms with E-state index in [2.05, 4.69) is 20.4 Å². The van der Waals surface area contributed by atoms with Gasteiger partial charge in [-0.1, -0.05) is 11.6 Å². The van der Waals surface area contributed by atoms with Crippen LogP contribution in [-0.2, 0) is 9.53 Å². The van der Waals surface area contributed by atoms with E-state index in [1.54, 1.807) is 19.2 Å². The Kier molecular flexibility index (Phi) is 9.17. The third-order valence-corrected chi connectivity index (χ3v) is 4.52. The standard InChI is InChI=1S/C20H24ClN5O4/c1-3-25(12-13-30-20(27)10-11-22-2)16-6-4-15(5-7-16)23-24-19-9-8-17(26(28)29)14-18(19)21/h4-9,14,22H,3,10-13H2,1-2H3. The van der Waals surface area contributed by atoms with Gasteiger partial charge in [0.2, 0.25) is 0 Å². The van der Waals surface area contributed by atoms with Gasteiger partial charge < -0.3 is 15.0 Å². The number of hydrogen-bond donors (Lipinski definition) is 1. The lowest BCUT2D eigenvalue weighted by molar-refractivity contribution is -0.384. The topological polar surface area (TPSA) is 109 Å². The Morgan fingerprint density at radius 1 is 1.23 bits per heavy atom. The number of hydrogen-bond acceptors (Lipinski definition) is 8. The molecule has 0 atom stereocenters. The zero-order chi connectivity index (χ0) is 21.9. The van der Waals surface area contributed by atoms with Crippen LogP contribution in [0, 0.1) is 10.1 Å². The number of benzene rings is 2. The summed E-state index contributed by atoms with van der Waals surface area (Å²) in [6, 6.07) is 11.4. The fourth-order valence-corrected chi connectivity index (χ4v) is 2.78. The van der Waals surface area contributed by atoms with Crippen molar-refractivity contribution < 1.29 is 14.5 Å². The molecule has 160 valence electrons. The van der Waals surface area contributed by atoms with Gasteiger partial charge in [-0.25, -0.2) is 0 Å². The quantitative estimate of drug-likeness (QED) is 0.239. The molecule has 0 fully saturated rings. The number of likely N-dealkylation sites (N-methyl/N-ethyl adjacent to an activating group) is 1. The van der Waals surface area contributed by atoms with Crippen molar-refractivity contribution in [2.24, 2.45) is 10.2 Å². The molecule has 1 N–H and O–H groups in total. The van der Waals surface area contributed by atoms with Gasteiger partial charge >= 0.3 is 5.97 Å². The molecule has 2 aromatic carbocycles. The SMILES string of the molecule is CCN(CCOC(=O)CCNC)c1ccc(N=Nc2ccc([N+](=O)[O-])cc2Cl)cc1. The summed E-state index contributed by atoms with van der Waals surface area (Å²) in [7, 11) is 1.79. The maximum absolute atomic E-state index is 11.6. The molecule has 0 saturated carbocycles. The van der Waals surface area contributed by atoms with Crippen LogP contribution >= 0.6 is 11.6 Å². The van der Waals surface area contributed by atoms with Gasteiger partial charge in [-0.2, -0.15) is 5.11 Å². The second-order valence-electron chi connectivity index (χ2n) is 6.26. The third-order valence-electron chi connectivity index (χ3n) is 4.22. The van der Waals surface area contributed by atoms with E-state index in [4.69, 9.17) is 16.3 Å². The van der Waals surface area contributed by atoms with E-state index in [0.29, 0.717) is 37.5 Å². The molecule has 0 heterocycles. The Morgan fingerprint density at radius 2 is 1.97 bits per heavy atom. The van der Waals surface area contributed by atoms with Crippen molar-refractivity contribution in [3.63, 3.8) is 0 Å². The normalized spacial score (nSPS) is 10.9. The lowest BCUT2D eigenvalue weighted by atomic mass is 10.2. The molecule has 0 amide bonds. The smallest absolute Gasteiger partial charge is 0.307 e. The van der Waals surface area contributed by atoms with Gasteiger partial charge in [-0.05, 0) is 44.3 Å². The van der Waals surface area contributed by atoms with Crippen LogP contribution in [0.1, 0.15) is 13.3 Å². The molecule has 10 heteroatoms. The van der Waals surface area contributed by atoms with E-state index in [-0.39, 0.29) is 16.7 Å². The molecule has 0 aliphatic heterocycles. The predicted octanol–water partition coefficient (Wildman–Crippen LogP) is 4.64. The van der Waals surface area contributed by atoms with Gasteiger partial charge in [0, 0.05) is 30.9 Å². The Hall–Kier alpha value is -3.04. The van der Waals surface area contributed by atoms with Gasteiger partial charge in [0.1, 0.15) is 12.3 Å². The van der Waals surface area contributed by atoms with E-state index in [0.717, 1.165) is 12.2 Å². The highest BCUT2D eigenvalue weighted by molar-refractivity contribution is 6.33. The summed E-state index contributed by atoms with van der Waals surface area (Å²) in [5.74, 6) is -0.221. The monoisotopic (exact) mass is 433 g/mol. The number of azo groups is 1. The van der Waals surface area contributed by atoms with Crippen LogP contribution in [0.5, 0.6) is 0 Å². The summed E-state index contributed by atoms with van der Waals surface area (Å²) in [6.45, 7) is 4.27. The number of anilines is 1. The van der Waals surface area contributed by atoms with E-state index in [1.165, 1.54) is 18.2 Å². The average Bonchev–Trinajstić information content (AvgIpc) is 2.74. The van der Waals surface area contributed by atoms with Crippen molar-refractivity contribution in [1.29, 1.82) is 0 Å². The number of nitro benzene ring substituents is 1. The van der Waals surface area contributed by atoms with Crippen molar-refractivity contribution in [2.75, 3.05) is 38.2 Å². The summed E-state index contributed by atoms with van der Waals surface area (Å²) < 4.78 is 5.23. The highest BCUT2D eigenvalue weighted by Crippen LogP contribution is 2.30. The fraction of sp³-hybridized carbons (Fsp3) is 0.350. The van der Waals surface area contributed by atoms with Gasteiger partial charge in [-0.15, -0.1) is 5.11 Å². The first-order valence-electron chi connectivity index (χ1n) is 9.45. The summed E-state index contributed by atoms with van der Waals surface area (Å²) in [5.41, 5.74) is 1.83. The van der Waals surface area contributed by atoms with Crippen molar-refractivity contribution >= 4 is 40.3 Å². The summed E-state index contributed by atoms with van der Waals surface area (Å²) in [4.78, 5) is 23.9. The average molecular weight is 434 g/mol. The molecule has 9 nitrogen and oxygen atoms in total. The number of esters is 1. The predicted molar refractivity (Wildman–Crippen MR) is 116 cm³/mol. The van der Waals surface area contributed by atoms with Gasteiger partial charge in [0.15, 0.2) is 0 Å². The molecule has 0 radical (unpaired) electrons. The number of nitrogens with zero attached hydrogens (tertiary/aromatic N) is 4. The van der Waals surface area contributed by atoms with Gasteiger partial charge in [0.25, 0.3) is 5.69 Å². The first kappa shape index (κ1) is 23.2. The zero-order valence-corrected chi connectivity index (χ0v) is 17.6. The molecule has 0 saturated heterocycles. The van der Waals surface area contributed by atoms with Crippen molar-refractivity contribution in [2.45, 2.75) is 13.3 Å². The maximum atomic E-state index is 11.6. The van der Waals surface area contributed by atoms with Gasteiger partial charge in [0.05, 0.1) is 28.6 Å². The van der Waals surface area contributed by atoms with Crippen molar-refractivity contribution in [3.8, 4) is 0 Å². The fourth-order valence-electron chi connectivity index (χ4n) is 2.57. The van der Waals surface area contributed by atoms with E-state index >= 15 is 0 Å². The minimum absolute atomic E-state index is 0.101. The molecule has 0 aliphatic carbocycles. The number of nitrogens with one attached hydrogen (secondary N) is 1. The van der Waals surface area contributed by atoms with E-state index in [1.807, 2.05) is 19.1 Å². The molecule has 0 unspecified atom stereocenters. The minimum atomic E-state index is -0.519. The number of ether oxygens (including phenoxy) is 1. The molecule has 30 heavy (non-hydrogen) atoms. The number of rotatable bonds is 11. The highest BCUT2D eigenvalue weighted by Gasteiger charge is 2.09. The second kappa shape index (κ2) is 11.8. The molecule has 2 rings (SSSR count). The van der Waals surface area contributed by atoms with E-state index < -0.39 is 4.92 Å². The Bertz CT molecular complexity index is 889. The van der Waals surface area contributed by atoms with Crippen LogP contribution in [0.2, 0.25) is 5.02 Å². The lowest BCUT2D eigenvalue weighted by Gasteiger charge is -2.23. The minimum Gasteiger partial charge on any atom is -0.464 e. The van der Waals surface area contributed by atoms with Crippen molar-refractivity contribution in [1.82, 2.24) is 5.32 Å². The first-order chi connectivity index (χ1) is 14.4. The first-order valence-corrected chi connectivity index (χ1v) is 9.83. The molecule has 2 aromatic rings. The maximum Gasteiger partial charge on any atom is 0.307 e. The van der Waals surface area contributed by atoms with Crippen LogP contribution < -0.4 is 10.2 Å². The number of nitro groups is 1. The van der Waals surface area contributed by atoms with Gasteiger partial charge in [-0.3, -0.25) is 14.9 Å². The summed E-state index contributed by atoms with van der Waals surface area (Å²) in [6.07, 6.45) is 0.348. The molecule has 0 aromatic heterocycles. The number of carbonyl (C=O) groups is 1. The molecular weight excluding hydrogens is 410 g/mol. The number of non-ortho nitro benzene ring substituents is 1. The summed E-state index contributed by atoms with van der Waals surface area (Å²) >= 11 is 6.02. The lowest BCUT2D eigenvalue weighted by Crippen LogP contribution is -2.28. The molecular formula is C20H24ClN5O4. The largest absolute Gasteiger partial charge is 0.464 e. The summed E-state index contributed by atoms with van der Waals surface area (Å²) in [5, 5.41) is 22.0. The van der Waals surface area contributed by atoms with Crippen LogP contribution in [0.25, 0.3) is 0 Å². The van der Waals surface area contributed by atoms with Crippen LogP contribution in [-0.4, -0.2) is 44.2 Å². The van der Waals surface area contributed by atoms with Crippen LogP contribution in [0.4, 0.5) is 22.7 Å². The Balaban J connectivity index is 1.95. The Morgan fingerprint density at radius 3 is 2.57 bits per heavy atom. The zero-order valence-electron chi connectivity index (χ0n) is 16.9. The molecule has 0 bridgehead atoms. The van der Waals surface area contributed by atoms with Crippen molar-refractivity contribution in [3.05, 3.63) is 57.6 Å². The third kappa shape index (κ3) is 7.09.